The second-order valence-electron chi connectivity index (χ2n) is 16.5. The van der Waals surface area contributed by atoms with Gasteiger partial charge in [0.25, 0.3) is 11.8 Å². The number of carbonyl (C=O) groups excluding carboxylic acids is 7. The number of hydrogen-bond donors (Lipinski definition) is 8. The highest BCUT2D eigenvalue weighted by Gasteiger charge is 2.39. The number of hydrogen-bond acceptors (Lipinski definition) is 11. The number of aromatic amines is 1. The molecule has 6 rings (SSSR count). The van der Waals surface area contributed by atoms with Crippen molar-refractivity contribution >= 4 is 86.1 Å². The van der Waals surface area contributed by atoms with E-state index in [4.69, 9.17) is 16.2 Å². The zero-order chi connectivity index (χ0) is 47.2. The summed E-state index contributed by atoms with van der Waals surface area (Å²) in [7, 11) is 1.49. The molecule has 0 unspecified atom stereocenters. The van der Waals surface area contributed by atoms with Crippen molar-refractivity contribution in [3.05, 3.63) is 72.1 Å². The third-order valence-electron chi connectivity index (χ3n) is 11.9. The van der Waals surface area contributed by atoms with Gasteiger partial charge in [-0.15, -0.1) is 0 Å². The average Bonchev–Trinajstić information content (AvgIpc) is 4.11. The van der Waals surface area contributed by atoms with Gasteiger partial charge in [0.15, 0.2) is 0 Å². The lowest BCUT2D eigenvalue weighted by Crippen LogP contribution is -2.58. The summed E-state index contributed by atoms with van der Waals surface area (Å²) in [6.45, 7) is 3.66. The maximum Gasteiger partial charge on any atom is 0.259 e. The van der Waals surface area contributed by atoms with E-state index in [1.54, 1.807) is 6.20 Å². The van der Waals surface area contributed by atoms with E-state index < -0.39 is 53.7 Å². The van der Waals surface area contributed by atoms with Gasteiger partial charge in [-0.2, -0.15) is 11.8 Å². The number of aromatic nitrogens is 2. The molecule has 1 saturated heterocycles. The Kier molecular flexibility index (Phi) is 17.9. The van der Waals surface area contributed by atoms with Crippen LogP contribution in [0.15, 0.2) is 60.9 Å². The number of likely N-dealkylation sites (tertiary alicyclic amines) is 1. The summed E-state index contributed by atoms with van der Waals surface area (Å²) >= 11 is 1.43. The van der Waals surface area contributed by atoms with Gasteiger partial charge in [0.2, 0.25) is 29.5 Å². The number of likely N-dealkylation sites (N-methyl/N-ethyl adjacent to an activating group) is 1. The molecule has 19 heteroatoms. The Balaban J connectivity index is 1.04. The molecule has 2 aliphatic heterocycles. The summed E-state index contributed by atoms with van der Waals surface area (Å²) in [4.78, 5) is 97.6. The number of imide groups is 1. The number of amides is 7. The van der Waals surface area contributed by atoms with Crippen LogP contribution in [0.2, 0.25) is 0 Å². The Morgan fingerprint density at radius 1 is 0.818 bits per heavy atom. The van der Waals surface area contributed by atoms with Crippen molar-refractivity contribution in [1.29, 1.82) is 0 Å². The zero-order valence-electron chi connectivity index (χ0n) is 37.6. The second kappa shape index (κ2) is 24.0. The van der Waals surface area contributed by atoms with Crippen molar-refractivity contribution in [3.8, 4) is 0 Å². The van der Waals surface area contributed by atoms with E-state index in [0.717, 1.165) is 21.8 Å². The van der Waals surface area contributed by atoms with Crippen LogP contribution in [0, 0.1) is 0 Å². The molecular weight excluding hydrogens is 865 g/mol. The predicted octanol–water partition coefficient (Wildman–Crippen LogP) is 1.91. The van der Waals surface area contributed by atoms with Crippen LogP contribution in [0.3, 0.4) is 0 Å². The van der Waals surface area contributed by atoms with Crippen molar-refractivity contribution in [2.75, 3.05) is 51.4 Å². The van der Waals surface area contributed by atoms with Crippen molar-refractivity contribution < 1.29 is 38.3 Å². The lowest BCUT2D eigenvalue weighted by atomic mass is 9.95. The molecule has 7 amide bonds. The van der Waals surface area contributed by atoms with Crippen LogP contribution in [0.4, 0.5) is 0 Å². The summed E-state index contributed by atoms with van der Waals surface area (Å²) in [5.74, 6) is -2.26. The quantitative estimate of drug-likeness (QED) is 0.0352. The first-order chi connectivity index (χ1) is 32.0. The molecule has 18 nitrogen and oxygen atoms in total. The molecule has 2 aromatic carbocycles. The molecule has 0 radical (unpaired) electrons. The van der Waals surface area contributed by atoms with Crippen LogP contribution in [0.25, 0.3) is 33.0 Å². The number of nitrogens with zero attached hydrogens (tertiary/aromatic N) is 2. The van der Waals surface area contributed by atoms with Crippen LogP contribution < -0.4 is 38.1 Å². The Bertz CT molecular complexity index is 2430. The van der Waals surface area contributed by atoms with E-state index in [-0.39, 0.29) is 17.6 Å². The number of unbranched alkanes of at least 4 members (excludes halogenated alkanes) is 2. The lowest BCUT2D eigenvalue weighted by molar-refractivity contribution is -0.141. The van der Waals surface area contributed by atoms with Crippen LogP contribution in [0.1, 0.15) is 69.4 Å². The van der Waals surface area contributed by atoms with Gasteiger partial charge in [0.05, 0.1) is 24.4 Å². The van der Waals surface area contributed by atoms with Crippen LogP contribution in [0.5, 0.6) is 0 Å². The van der Waals surface area contributed by atoms with Gasteiger partial charge in [-0.3, -0.25) is 38.9 Å². The highest BCUT2D eigenvalue weighted by Crippen LogP contribution is 2.38. The number of ether oxygens (including phenoxy) is 1. The summed E-state index contributed by atoms with van der Waals surface area (Å²) in [5.41, 5.74) is 15.0. The minimum absolute atomic E-state index is 0.238. The van der Waals surface area contributed by atoms with Gasteiger partial charge in [0.1, 0.15) is 24.2 Å². The molecule has 0 saturated carbocycles. The third-order valence-corrected chi connectivity index (χ3v) is 12.9. The fraction of sp³-hybridized carbons (Fsp3) is 0.468. The van der Waals surface area contributed by atoms with Gasteiger partial charge < -0.3 is 51.9 Å². The molecule has 354 valence electrons. The molecule has 4 aromatic rings. The van der Waals surface area contributed by atoms with Crippen LogP contribution >= 0.6 is 11.8 Å². The summed E-state index contributed by atoms with van der Waals surface area (Å²) < 4.78 is 8.03. The number of para-hydroxylation sites is 2. The number of benzene rings is 2. The average molecular weight is 927 g/mol. The van der Waals surface area contributed by atoms with E-state index in [0.29, 0.717) is 119 Å². The first kappa shape index (κ1) is 49.4. The van der Waals surface area contributed by atoms with E-state index in [1.807, 2.05) is 59.3 Å². The Hall–Kier alpha value is -6.02. The fourth-order valence-electron chi connectivity index (χ4n) is 8.62. The number of nitrogens with two attached hydrogens (primary N) is 2. The monoisotopic (exact) mass is 926 g/mol. The molecule has 66 heavy (non-hydrogen) atoms. The molecule has 0 spiro atoms. The number of H-pyrrole nitrogens is 1. The summed E-state index contributed by atoms with van der Waals surface area (Å²) in [6.07, 6.45) is 7.78. The zero-order valence-corrected chi connectivity index (χ0v) is 38.4. The molecule has 2 aliphatic rings. The number of carbonyl (C=O) groups is 7. The minimum Gasteiger partial charge on any atom is -0.379 e. The number of rotatable bonds is 25. The molecule has 4 heterocycles. The van der Waals surface area contributed by atoms with Crippen molar-refractivity contribution in [2.45, 2.75) is 89.0 Å². The Morgan fingerprint density at radius 3 is 2.18 bits per heavy atom. The van der Waals surface area contributed by atoms with Gasteiger partial charge in [-0.05, 0) is 76.6 Å². The first-order valence-corrected chi connectivity index (χ1v) is 23.8. The van der Waals surface area contributed by atoms with E-state index in [2.05, 4.69) is 31.6 Å². The van der Waals surface area contributed by atoms with E-state index >= 15 is 0 Å². The molecule has 4 atom stereocenters. The third kappa shape index (κ3) is 12.1. The fourth-order valence-corrected chi connectivity index (χ4v) is 9.49. The van der Waals surface area contributed by atoms with Crippen LogP contribution in [-0.4, -0.2) is 131 Å². The largest absolute Gasteiger partial charge is 0.379 e. The standard InChI is InChI=1S/C47H62N10O8S/c1-29(58)52-37(47(64)57-21-11-18-39(57)44(61)54-36(16-8-10-20-49)43(60)53-35(42(59)50-2)15-7-9-19-48)28-66-25-24-65-23-22-56-27-33(31-13-4-6-17-38(31)56)41-40(45(62)55-46(41)63)32-26-51-34-14-5-3-12-30(32)34/h3-6,12-14,17,26-27,35-37,39,51H,7-11,15-16,18-25,28,48-49H2,1-2H3,(H,50,59)(H,52,58)(H,53,60)(H,54,61)(H,55,62,63)/t35-,36-,37-,39-/m0/s1. The van der Waals surface area contributed by atoms with E-state index in [1.165, 1.54) is 30.6 Å². The molecule has 2 aromatic heterocycles. The maximum absolute atomic E-state index is 14.0. The Labute approximate surface area is 388 Å². The summed E-state index contributed by atoms with van der Waals surface area (Å²) in [5, 5.41) is 15.2. The second-order valence-corrected chi connectivity index (χ2v) is 17.6. The van der Waals surface area contributed by atoms with Gasteiger partial charge in [0, 0.05) is 83.9 Å². The lowest BCUT2D eigenvalue weighted by Gasteiger charge is -2.30. The molecular formula is C47H62N10O8S. The SMILES string of the molecule is CNC(=O)[C@H](CCCCN)NC(=O)[C@H](CCCCN)NC(=O)[C@@H]1CCCN1C(=O)[C@H](CSCCOCCn1cc(C2=C(c3c[nH]c4ccccc34)C(=O)NC2=O)c2ccccc21)NC(C)=O. The highest BCUT2D eigenvalue weighted by molar-refractivity contribution is 7.99. The van der Waals surface area contributed by atoms with Gasteiger partial charge >= 0.3 is 0 Å². The van der Waals surface area contributed by atoms with Crippen molar-refractivity contribution in [1.82, 2.24) is 41.0 Å². The van der Waals surface area contributed by atoms with E-state index in [9.17, 15) is 33.6 Å². The Morgan fingerprint density at radius 2 is 1.48 bits per heavy atom. The van der Waals surface area contributed by atoms with Crippen molar-refractivity contribution in [2.24, 2.45) is 11.5 Å². The normalized spacial score (nSPS) is 16.4. The predicted molar refractivity (Wildman–Crippen MR) is 254 cm³/mol. The molecule has 1 fully saturated rings. The number of thioether (sulfide) groups is 1. The minimum atomic E-state index is -0.955. The first-order valence-electron chi connectivity index (χ1n) is 22.7. The number of fused-ring (bicyclic) bond motifs is 2. The van der Waals surface area contributed by atoms with Crippen molar-refractivity contribution in [3.63, 3.8) is 0 Å². The maximum atomic E-state index is 14.0. The molecule has 0 aliphatic carbocycles. The number of nitrogens with one attached hydrogen (secondary N) is 6. The van der Waals surface area contributed by atoms with Gasteiger partial charge in [-0.25, -0.2) is 0 Å². The smallest absolute Gasteiger partial charge is 0.259 e. The topological polar surface area (TPSA) is 265 Å². The molecule has 0 bridgehead atoms. The summed E-state index contributed by atoms with van der Waals surface area (Å²) in [6, 6.07) is 11.8. The van der Waals surface area contributed by atoms with Crippen LogP contribution in [-0.2, 0) is 44.8 Å². The molecule has 10 N–H and O–H groups in total. The highest BCUT2D eigenvalue weighted by atomic mass is 32.2. The van der Waals surface area contributed by atoms with Gasteiger partial charge in [-0.1, -0.05) is 36.4 Å².